The van der Waals surface area contributed by atoms with Crippen LogP contribution >= 0.6 is 11.8 Å². The van der Waals surface area contributed by atoms with Gasteiger partial charge < -0.3 is 11.1 Å². The summed E-state index contributed by atoms with van der Waals surface area (Å²) in [5.41, 5.74) is 2.35. The van der Waals surface area contributed by atoms with Crippen LogP contribution in [0.25, 0.3) is 0 Å². The summed E-state index contributed by atoms with van der Waals surface area (Å²) >= 11 is -0.105. The molecule has 0 aromatic heterocycles. The van der Waals surface area contributed by atoms with Gasteiger partial charge in [0.2, 0.25) is 0 Å². The monoisotopic (exact) mass is 292 g/mol. The summed E-state index contributed by atoms with van der Waals surface area (Å²) in [5, 5.41) is 3.30. The lowest BCUT2D eigenvalue weighted by Crippen LogP contribution is -2.30. The number of nitrogens with two attached hydrogens (primary N) is 1. The van der Waals surface area contributed by atoms with Crippen molar-refractivity contribution in [1.29, 1.82) is 0 Å². The second-order valence-electron chi connectivity index (χ2n) is 4.71. The molecule has 3 N–H and O–H groups in total. The molecule has 0 radical (unpaired) electrons. The fraction of sp³-hybridized carbons (Fsp3) is 0.538. The quantitative estimate of drug-likeness (QED) is 0.788. The van der Waals surface area contributed by atoms with E-state index in [4.69, 9.17) is 5.73 Å². The highest BCUT2D eigenvalue weighted by Crippen LogP contribution is 2.36. The van der Waals surface area contributed by atoms with Crippen LogP contribution < -0.4 is 11.1 Å². The molecule has 0 aliphatic carbocycles. The molecule has 1 rings (SSSR count). The second-order valence-corrected chi connectivity index (χ2v) is 5.85. The molecule has 1 aromatic carbocycles. The maximum Gasteiger partial charge on any atom is 0.446 e. The summed E-state index contributed by atoms with van der Waals surface area (Å²) in [7, 11) is 0. The Hall–Kier alpha value is -0.720. The Balaban J connectivity index is 2.67. The predicted octanol–water partition coefficient (Wildman–Crippen LogP) is 3.54. The highest BCUT2D eigenvalue weighted by molar-refractivity contribution is 8.00. The SMILES string of the molecule is CC(C)CNC(CN)c1ccc(SC(F)(F)F)cc1. The minimum absolute atomic E-state index is 0.0210. The van der Waals surface area contributed by atoms with Crippen LogP contribution in [-0.4, -0.2) is 18.6 Å². The Bertz CT molecular complexity index is 376. The largest absolute Gasteiger partial charge is 0.446 e. The number of rotatable bonds is 6. The number of benzene rings is 1. The standard InChI is InChI=1S/C13H19F3N2S/c1-9(2)8-18-12(7-17)10-3-5-11(6-4-10)19-13(14,15)16/h3-6,9,12,18H,7-8,17H2,1-2H3. The molecule has 0 spiro atoms. The van der Waals surface area contributed by atoms with Crippen molar-refractivity contribution in [2.75, 3.05) is 13.1 Å². The van der Waals surface area contributed by atoms with Crippen molar-refractivity contribution in [3.63, 3.8) is 0 Å². The van der Waals surface area contributed by atoms with Crippen LogP contribution in [0.5, 0.6) is 0 Å². The van der Waals surface area contributed by atoms with Gasteiger partial charge in [-0.25, -0.2) is 0 Å². The maximum atomic E-state index is 12.2. The summed E-state index contributed by atoms with van der Waals surface area (Å²) in [6.45, 7) is 5.41. The molecule has 19 heavy (non-hydrogen) atoms. The van der Waals surface area contributed by atoms with Gasteiger partial charge in [0.15, 0.2) is 0 Å². The lowest BCUT2D eigenvalue weighted by molar-refractivity contribution is -0.0328. The Morgan fingerprint density at radius 3 is 2.21 bits per heavy atom. The number of hydrogen-bond acceptors (Lipinski definition) is 3. The zero-order valence-corrected chi connectivity index (χ0v) is 11.8. The molecule has 0 saturated heterocycles. The number of nitrogens with one attached hydrogen (secondary N) is 1. The molecule has 1 aromatic rings. The molecule has 1 atom stereocenters. The number of alkyl halides is 3. The Kier molecular flexibility index (Phi) is 6.16. The van der Waals surface area contributed by atoms with Crippen molar-refractivity contribution in [2.45, 2.75) is 30.3 Å². The molecule has 1 unspecified atom stereocenters. The molecule has 2 nitrogen and oxygen atoms in total. The second kappa shape index (κ2) is 7.17. The van der Waals surface area contributed by atoms with Crippen LogP contribution in [0.2, 0.25) is 0 Å². The summed E-state index contributed by atoms with van der Waals surface area (Å²) in [5.74, 6) is 0.495. The van der Waals surface area contributed by atoms with Crippen molar-refractivity contribution in [1.82, 2.24) is 5.32 Å². The first-order valence-corrected chi connectivity index (χ1v) is 6.92. The van der Waals surface area contributed by atoms with Gasteiger partial charge in [-0.1, -0.05) is 26.0 Å². The van der Waals surface area contributed by atoms with Gasteiger partial charge >= 0.3 is 5.51 Å². The molecule has 0 amide bonds. The van der Waals surface area contributed by atoms with E-state index in [9.17, 15) is 13.2 Å². The first kappa shape index (κ1) is 16.3. The van der Waals surface area contributed by atoms with E-state index in [0.717, 1.165) is 12.1 Å². The first-order valence-electron chi connectivity index (χ1n) is 6.11. The van der Waals surface area contributed by atoms with Crippen LogP contribution in [-0.2, 0) is 0 Å². The van der Waals surface area contributed by atoms with Crippen molar-refractivity contribution >= 4 is 11.8 Å². The normalized spacial score (nSPS) is 13.8. The molecular formula is C13H19F3N2S. The zero-order valence-electron chi connectivity index (χ0n) is 11.0. The Morgan fingerprint density at radius 2 is 1.79 bits per heavy atom. The van der Waals surface area contributed by atoms with Gasteiger partial charge in [-0.3, -0.25) is 0 Å². The van der Waals surface area contributed by atoms with Crippen LogP contribution in [0, 0.1) is 5.92 Å². The van der Waals surface area contributed by atoms with Gasteiger partial charge in [0, 0.05) is 17.5 Å². The van der Waals surface area contributed by atoms with Gasteiger partial charge in [0.25, 0.3) is 0 Å². The smallest absolute Gasteiger partial charge is 0.329 e. The number of thioether (sulfide) groups is 1. The van der Waals surface area contributed by atoms with Crippen molar-refractivity contribution < 1.29 is 13.2 Å². The average molecular weight is 292 g/mol. The van der Waals surface area contributed by atoms with Crippen LogP contribution in [0.4, 0.5) is 13.2 Å². The minimum atomic E-state index is -4.25. The highest BCUT2D eigenvalue weighted by atomic mass is 32.2. The summed E-state index contributed by atoms with van der Waals surface area (Å²) in [4.78, 5) is 0.191. The zero-order chi connectivity index (χ0) is 14.5. The van der Waals surface area contributed by atoms with Gasteiger partial charge in [0.05, 0.1) is 0 Å². The Labute approximate surface area is 115 Å². The molecule has 108 valence electrons. The lowest BCUT2D eigenvalue weighted by atomic mass is 10.1. The Morgan fingerprint density at radius 1 is 1.21 bits per heavy atom. The molecule has 0 aliphatic heterocycles. The third-order valence-corrected chi connectivity index (χ3v) is 3.26. The van der Waals surface area contributed by atoms with Crippen LogP contribution in [0.3, 0.4) is 0 Å². The van der Waals surface area contributed by atoms with E-state index in [0.29, 0.717) is 12.5 Å². The summed E-state index contributed by atoms with van der Waals surface area (Å²) in [6.07, 6.45) is 0. The average Bonchev–Trinajstić information content (AvgIpc) is 2.29. The number of halogens is 3. The predicted molar refractivity (Wildman–Crippen MR) is 73.0 cm³/mol. The van der Waals surface area contributed by atoms with E-state index >= 15 is 0 Å². The first-order chi connectivity index (χ1) is 8.81. The third kappa shape index (κ3) is 6.31. The molecule has 0 saturated carbocycles. The van der Waals surface area contributed by atoms with Gasteiger partial charge in [0.1, 0.15) is 0 Å². The van der Waals surface area contributed by atoms with Gasteiger partial charge in [-0.15, -0.1) is 0 Å². The minimum Gasteiger partial charge on any atom is -0.329 e. The van der Waals surface area contributed by atoms with E-state index in [-0.39, 0.29) is 22.7 Å². The molecule has 0 aliphatic rings. The van der Waals surface area contributed by atoms with Crippen LogP contribution in [0.1, 0.15) is 25.5 Å². The van der Waals surface area contributed by atoms with E-state index in [1.165, 1.54) is 12.1 Å². The summed E-state index contributed by atoms with van der Waals surface area (Å²) in [6, 6.07) is 6.32. The van der Waals surface area contributed by atoms with E-state index in [1.54, 1.807) is 12.1 Å². The highest BCUT2D eigenvalue weighted by Gasteiger charge is 2.29. The molecular weight excluding hydrogens is 273 g/mol. The molecule has 6 heteroatoms. The summed E-state index contributed by atoms with van der Waals surface area (Å²) < 4.78 is 36.6. The fourth-order valence-corrected chi connectivity index (χ4v) is 2.16. The maximum absolute atomic E-state index is 12.2. The number of hydrogen-bond donors (Lipinski definition) is 2. The fourth-order valence-electron chi connectivity index (χ4n) is 1.62. The van der Waals surface area contributed by atoms with E-state index in [1.807, 2.05) is 0 Å². The van der Waals surface area contributed by atoms with Crippen molar-refractivity contribution in [3.8, 4) is 0 Å². The van der Waals surface area contributed by atoms with Crippen molar-refractivity contribution in [3.05, 3.63) is 29.8 Å². The van der Waals surface area contributed by atoms with E-state index < -0.39 is 5.51 Å². The molecule has 0 heterocycles. The molecule has 0 bridgehead atoms. The van der Waals surface area contributed by atoms with Crippen molar-refractivity contribution in [2.24, 2.45) is 11.7 Å². The lowest BCUT2D eigenvalue weighted by Gasteiger charge is -2.19. The third-order valence-electron chi connectivity index (χ3n) is 2.52. The van der Waals surface area contributed by atoms with Gasteiger partial charge in [-0.05, 0) is 41.9 Å². The topological polar surface area (TPSA) is 38.0 Å². The molecule has 0 fully saturated rings. The van der Waals surface area contributed by atoms with Gasteiger partial charge in [-0.2, -0.15) is 13.2 Å². The van der Waals surface area contributed by atoms with Crippen LogP contribution in [0.15, 0.2) is 29.2 Å². The van der Waals surface area contributed by atoms with E-state index in [2.05, 4.69) is 19.2 Å².